The summed E-state index contributed by atoms with van der Waals surface area (Å²) in [7, 11) is 0. The Bertz CT molecular complexity index is 897. The van der Waals surface area contributed by atoms with Crippen molar-refractivity contribution in [3.63, 3.8) is 0 Å². The van der Waals surface area contributed by atoms with E-state index in [9.17, 15) is 0 Å². The van der Waals surface area contributed by atoms with E-state index in [1.807, 2.05) is 56.3 Å². The number of H-pyrrole nitrogens is 1. The quantitative estimate of drug-likeness (QED) is 0.621. The number of amidine groups is 1. The number of halogens is 2. The van der Waals surface area contributed by atoms with Gasteiger partial charge in [-0.25, -0.2) is 0 Å². The number of nitrogens with one attached hydrogen (secondary N) is 2. The zero-order chi connectivity index (χ0) is 17.1. The second kappa shape index (κ2) is 7.29. The van der Waals surface area contributed by atoms with Crippen molar-refractivity contribution in [3.05, 3.63) is 58.1 Å². The second-order valence-corrected chi connectivity index (χ2v) is 6.11. The zero-order valence-corrected chi connectivity index (χ0v) is 15.2. The van der Waals surface area contributed by atoms with Crippen molar-refractivity contribution in [1.29, 1.82) is 0 Å². The van der Waals surface area contributed by atoms with Crippen LogP contribution in [0.15, 0.2) is 47.5 Å². The maximum Gasteiger partial charge on any atom is 0.131 e. The lowest BCUT2D eigenvalue weighted by Crippen LogP contribution is -2.19. The Morgan fingerprint density at radius 1 is 1.00 bits per heavy atom. The zero-order valence-electron chi connectivity index (χ0n) is 13.7. The first-order chi connectivity index (χ1) is 11.7. The van der Waals surface area contributed by atoms with Crippen LogP contribution in [0.25, 0.3) is 22.2 Å². The summed E-state index contributed by atoms with van der Waals surface area (Å²) in [5, 5.41) is 5.84. The fourth-order valence-corrected chi connectivity index (χ4v) is 3.20. The van der Waals surface area contributed by atoms with Gasteiger partial charge in [0, 0.05) is 38.6 Å². The molecule has 0 saturated heterocycles. The van der Waals surface area contributed by atoms with Gasteiger partial charge in [0.25, 0.3) is 0 Å². The number of nitrogens with zero attached hydrogens (tertiary/aromatic N) is 1. The van der Waals surface area contributed by atoms with Crippen LogP contribution < -0.4 is 5.32 Å². The predicted molar refractivity (Wildman–Crippen MR) is 105 cm³/mol. The van der Waals surface area contributed by atoms with Crippen molar-refractivity contribution in [2.24, 2.45) is 4.99 Å². The van der Waals surface area contributed by atoms with Gasteiger partial charge in [0.2, 0.25) is 0 Å². The van der Waals surface area contributed by atoms with Gasteiger partial charge in [-0.1, -0.05) is 49.2 Å². The Morgan fingerprint density at radius 3 is 2.50 bits per heavy atom. The SMILES string of the molecule is CC.Clc1cccc(-c2[nH]c3ccc(Cl)cc3c2C2=NCCN2)c1. The van der Waals surface area contributed by atoms with Crippen LogP contribution >= 0.6 is 23.2 Å². The molecule has 0 unspecified atom stereocenters. The summed E-state index contributed by atoms with van der Waals surface area (Å²) in [6.45, 7) is 5.65. The average Bonchev–Trinajstić information content (AvgIpc) is 3.23. The summed E-state index contributed by atoms with van der Waals surface area (Å²) in [6.07, 6.45) is 0. The van der Waals surface area contributed by atoms with Crippen molar-refractivity contribution in [3.8, 4) is 11.3 Å². The van der Waals surface area contributed by atoms with E-state index >= 15 is 0 Å². The number of fused-ring (bicyclic) bond motifs is 1. The summed E-state index contributed by atoms with van der Waals surface area (Å²) in [5.41, 5.74) is 4.13. The van der Waals surface area contributed by atoms with Gasteiger partial charge in [-0.05, 0) is 30.3 Å². The van der Waals surface area contributed by atoms with Gasteiger partial charge in [-0.2, -0.15) is 0 Å². The molecule has 0 saturated carbocycles. The summed E-state index contributed by atoms with van der Waals surface area (Å²) >= 11 is 12.3. The molecule has 0 fully saturated rings. The first-order valence-corrected chi connectivity index (χ1v) is 8.84. The van der Waals surface area contributed by atoms with E-state index < -0.39 is 0 Å². The number of aromatic amines is 1. The van der Waals surface area contributed by atoms with E-state index in [4.69, 9.17) is 23.2 Å². The Labute approximate surface area is 151 Å². The van der Waals surface area contributed by atoms with Crippen molar-refractivity contribution in [2.75, 3.05) is 13.1 Å². The molecule has 24 heavy (non-hydrogen) atoms. The number of hydrogen-bond donors (Lipinski definition) is 2. The molecule has 1 aliphatic rings. The van der Waals surface area contributed by atoms with E-state index in [0.717, 1.165) is 46.6 Å². The maximum atomic E-state index is 6.18. The third-order valence-electron chi connectivity index (χ3n) is 3.78. The van der Waals surface area contributed by atoms with E-state index in [1.54, 1.807) is 0 Å². The third kappa shape index (κ3) is 3.14. The van der Waals surface area contributed by atoms with Crippen LogP contribution in [0.4, 0.5) is 0 Å². The summed E-state index contributed by atoms with van der Waals surface area (Å²) in [6, 6.07) is 13.7. The highest BCUT2D eigenvalue weighted by Crippen LogP contribution is 2.33. The minimum absolute atomic E-state index is 0.710. The minimum Gasteiger partial charge on any atom is -0.368 e. The monoisotopic (exact) mass is 359 g/mol. The molecule has 5 heteroatoms. The minimum atomic E-state index is 0.710. The van der Waals surface area contributed by atoms with Gasteiger partial charge >= 0.3 is 0 Å². The lowest BCUT2D eigenvalue weighted by molar-refractivity contribution is 0.960. The maximum absolute atomic E-state index is 6.18. The van der Waals surface area contributed by atoms with Gasteiger partial charge in [-0.15, -0.1) is 0 Å². The summed E-state index contributed by atoms with van der Waals surface area (Å²) < 4.78 is 0. The molecule has 2 N–H and O–H groups in total. The molecule has 124 valence electrons. The highest BCUT2D eigenvalue weighted by atomic mass is 35.5. The molecule has 0 aliphatic carbocycles. The number of aromatic nitrogens is 1. The second-order valence-electron chi connectivity index (χ2n) is 5.23. The van der Waals surface area contributed by atoms with E-state index in [2.05, 4.69) is 15.3 Å². The van der Waals surface area contributed by atoms with Gasteiger partial charge < -0.3 is 10.3 Å². The Balaban J connectivity index is 0.000000815. The highest BCUT2D eigenvalue weighted by molar-refractivity contribution is 6.32. The number of aliphatic imine (C=N–C) groups is 1. The molecule has 1 aromatic heterocycles. The molecule has 0 spiro atoms. The van der Waals surface area contributed by atoms with Crippen LogP contribution in [0.1, 0.15) is 19.4 Å². The summed E-state index contributed by atoms with van der Waals surface area (Å²) in [5.74, 6) is 0.906. The lowest BCUT2D eigenvalue weighted by Gasteiger charge is -2.06. The van der Waals surface area contributed by atoms with Gasteiger partial charge in [0.15, 0.2) is 0 Å². The third-order valence-corrected chi connectivity index (χ3v) is 4.26. The van der Waals surface area contributed by atoms with Crippen molar-refractivity contribution in [2.45, 2.75) is 13.8 Å². The van der Waals surface area contributed by atoms with E-state index in [1.165, 1.54) is 0 Å². The normalized spacial score (nSPS) is 13.2. The lowest BCUT2D eigenvalue weighted by atomic mass is 10.0. The van der Waals surface area contributed by atoms with Crippen LogP contribution in [0.5, 0.6) is 0 Å². The van der Waals surface area contributed by atoms with Crippen LogP contribution in [-0.4, -0.2) is 23.9 Å². The van der Waals surface area contributed by atoms with Gasteiger partial charge in [0.05, 0.1) is 12.2 Å². The molecule has 3 aromatic rings. The molecular formula is C19H19Cl2N3. The van der Waals surface area contributed by atoms with Gasteiger partial charge in [0.1, 0.15) is 5.84 Å². The highest BCUT2D eigenvalue weighted by Gasteiger charge is 2.20. The first kappa shape index (κ1) is 16.9. The van der Waals surface area contributed by atoms with E-state index in [0.29, 0.717) is 10.0 Å². The van der Waals surface area contributed by atoms with E-state index in [-0.39, 0.29) is 0 Å². The molecule has 0 amide bonds. The molecule has 0 atom stereocenters. The molecule has 0 radical (unpaired) electrons. The van der Waals surface area contributed by atoms with Crippen molar-refractivity contribution < 1.29 is 0 Å². The fourth-order valence-electron chi connectivity index (χ4n) is 2.84. The van der Waals surface area contributed by atoms with Crippen molar-refractivity contribution >= 4 is 39.9 Å². The largest absolute Gasteiger partial charge is 0.368 e. The fraction of sp³-hybridized carbons (Fsp3) is 0.211. The Morgan fingerprint density at radius 2 is 1.79 bits per heavy atom. The molecule has 2 heterocycles. The molecule has 1 aliphatic heterocycles. The topological polar surface area (TPSA) is 40.2 Å². The number of benzene rings is 2. The number of hydrogen-bond acceptors (Lipinski definition) is 2. The Kier molecular flexibility index (Phi) is 5.12. The molecular weight excluding hydrogens is 341 g/mol. The van der Waals surface area contributed by atoms with Crippen LogP contribution in [-0.2, 0) is 0 Å². The smallest absolute Gasteiger partial charge is 0.131 e. The predicted octanol–water partition coefficient (Wildman–Crippen LogP) is 5.52. The van der Waals surface area contributed by atoms with Gasteiger partial charge in [-0.3, -0.25) is 4.99 Å². The van der Waals surface area contributed by atoms with Crippen LogP contribution in [0.2, 0.25) is 10.0 Å². The summed E-state index contributed by atoms with van der Waals surface area (Å²) in [4.78, 5) is 8.05. The average molecular weight is 360 g/mol. The molecule has 2 aromatic carbocycles. The molecule has 0 bridgehead atoms. The number of rotatable bonds is 2. The van der Waals surface area contributed by atoms with Crippen molar-refractivity contribution in [1.82, 2.24) is 10.3 Å². The Hall–Kier alpha value is -1.97. The molecule has 4 rings (SSSR count). The van der Waals surface area contributed by atoms with Crippen LogP contribution in [0.3, 0.4) is 0 Å². The first-order valence-electron chi connectivity index (χ1n) is 8.08. The van der Waals surface area contributed by atoms with Crippen LogP contribution in [0, 0.1) is 0 Å². The molecule has 3 nitrogen and oxygen atoms in total. The standard InChI is InChI=1S/C17H13Cl2N3.C2H6/c18-11-3-1-2-10(8-11)16-15(17-20-6-7-21-17)13-9-12(19)4-5-14(13)22-16;1-2/h1-5,8-9,22H,6-7H2,(H,20,21);1-2H3.